The Morgan fingerprint density at radius 1 is 0.958 bits per heavy atom. The molecule has 1 heterocycles. The summed E-state index contributed by atoms with van der Waals surface area (Å²) < 4.78 is 14.0. The van der Waals surface area contributed by atoms with E-state index in [9.17, 15) is 9.18 Å². The minimum atomic E-state index is -0.341. The number of nitrogens with zero attached hydrogens (tertiary/aromatic N) is 2. The van der Waals surface area contributed by atoms with Gasteiger partial charge in [-0.05, 0) is 54.6 Å². The fourth-order valence-electron chi connectivity index (χ4n) is 1.97. The van der Waals surface area contributed by atoms with Gasteiger partial charge in [-0.1, -0.05) is 22.0 Å². The van der Waals surface area contributed by atoms with Gasteiger partial charge >= 0.3 is 0 Å². The maximum absolute atomic E-state index is 13.1. The molecule has 0 atom stereocenters. The van der Waals surface area contributed by atoms with Crippen LogP contribution in [0.1, 0.15) is 10.4 Å². The van der Waals surface area contributed by atoms with Crippen molar-refractivity contribution in [2.24, 2.45) is 0 Å². The van der Waals surface area contributed by atoms with Gasteiger partial charge in [-0.25, -0.2) is 4.39 Å². The van der Waals surface area contributed by atoms with Crippen LogP contribution < -0.4 is 10.6 Å². The maximum atomic E-state index is 13.1. The predicted octanol–water partition coefficient (Wildman–Crippen LogP) is 4.37. The Hall–Kier alpha value is -2.80. The van der Waals surface area contributed by atoms with Crippen molar-refractivity contribution in [1.82, 2.24) is 10.2 Å². The number of benzene rings is 2. The van der Waals surface area contributed by atoms with Crippen molar-refractivity contribution >= 4 is 39.2 Å². The van der Waals surface area contributed by atoms with Gasteiger partial charge in [0.05, 0.1) is 0 Å². The number of aromatic nitrogens is 2. The minimum Gasteiger partial charge on any atom is -0.339 e. The summed E-state index contributed by atoms with van der Waals surface area (Å²) in [6, 6.07) is 16.3. The molecule has 120 valence electrons. The Labute approximate surface area is 146 Å². The van der Waals surface area contributed by atoms with Crippen LogP contribution in [-0.2, 0) is 0 Å². The summed E-state index contributed by atoms with van der Waals surface area (Å²) in [5, 5.41) is 13.5. The fraction of sp³-hybridized carbons (Fsp3) is 0. The summed E-state index contributed by atoms with van der Waals surface area (Å²) in [7, 11) is 0. The van der Waals surface area contributed by atoms with Crippen molar-refractivity contribution in [3.8, 4) is 0 Å². The fourth-order valence-corrected chi connectivity index (χ4v) is 2.23. The molecule has 0 radical (unpaired) electrons. The second-order valence-corrected chi connectivity index (χ2v) is 5.82. The molecule has 1 aromatic heterocycles. The van der Waals surface area contributed by atoms with E-state index in [2.05, 4.69) is 36.8 Å². The highest BCUT2D eigenvalue weighted by atomic mass is 79.9. The van der Waals surface area contributed by atoms with Gasteiger partial charge in [-0.15, -0.1) is 10.2 Å². The molecule has 2 aromatic carbocycles. The molecule has 0 saturated heterocycles. The number of amides is 1. The van der Waals surface area contributed by atoms with Crippen LogP contribution in [0.2, 0.25) is 0 Å². The second-order valence-electron chi connectivity index (χ2n) is 4.90. The van der Waals surface area contributed by atoms with Crippen LogP contribution in [0.4, 0.5) is 21.7 Å². The molecule has 0 aliphatic carbocycles. The zero-order valence-electron chi connectivity index (χ0n) is 12.3. The first-order chi connectivity index (χ1) is 11.6. The van der Waals surface area contributed by atoms with E-state index in [1.165, 1.54) is 12.1 Å². The van der Waals surface area contributed by atoms with Gasteiger partial charge in [-0.2, -0.15) is 0 Å². The molecular weight excluding hydrogens is 375 g/mol. The van der Waals surface area contributed by atoms with Crippen molar-refractivity contribution in [2.45, 2.75) is 0 Å². The first-order valence-electron chi connectivity index (χ1n) is 7.03. The van der Waals surface area contributed by atoms with Crippen LogP contribution in [0, 0.1) is 5.82 Å². The molecule has 3 aromatic rings. The first kappa shape index (κ1) is 16.1. The Morgan fingerprint density at radius 2 is 1.67 bits per heavy atom. The van der Waals surface area contributed by atoms with Gasteiger partial charge in [0.25, 0.3) is 5.91 Å². The van der Waals surface area contributed by atoms with Crippen molar-refractivity contribution in [2.75, 3.05) is 10.6 Å². The van der Waals surface area contributed by atoms with E-state index in [1.807, 2.05) is 0 Å². The third-order valence-electron chi connectivity index (χ3n) is 3.11. The molecule has 3 rings (SSSR count). The van der Waals surface area contributed by atoms with Gasteiger partial charge < -0.3 is 10.6 Å². The SMILES string of the molecule is O=C(Nc1ccc(Nc2cccc(F)c2)nn1)c1ccc(Br)cc1. The molecule has 0 aliphatic rings. The summed E-state index contributed by atoms with van der Waals surface area (Å²) >= 11 is 3.32. The number of halogens is 2. The molecule has 0 unspecified atom stereocenters. The second kappa shape index (κ2) is 7.18. The lowest BCUT2D eigenvalue weighted by molar-refractivity contribution is 0.102. The van der Waals surface area contributed by atoms with E-state index in [1.54, 1.807) is 48.5 Å². The number of anilines is 3. The highest BCUT2D eigenvalue weighted by Crippen LogP contribution is 2.16. The van der Waals surface area contributed by atoms with Gasteiger partial charge in [0.1, 0.15) is 5.82 Å². The monoisotopic (exact) mass is 386 g/mol. The highest BCUT2D eigenvalue weighted by molar-refractivity contribution is 9.10. The number of carbonyl (C=O) groups is 1. The van der Waals surface area contributed by atoms with Crippen molar-refractivity contribution in [1.29, 1.82) is 0 Å². The molecule has 7 heteroatoms. The Bertz CT molecular complexity index is 853. The predicted molar refractivity (Wildman–Crippen MR) is 93.8 cm³/mol. The topological polar surface area (TPSA) is 66.9 Å². The largest absolute Gasteiger partial charge is 0.339 e. The molecule has 0 spiro atoms. The summed E-state index contributed by atoms with van der Waals surface area (Å²) in [5.41, 5.74) is 1.08. The quantitative estimate of drug-likeness (QED) is 0.698. The molecular formula is C17H12BrFN4O. The molecule has 5 nitrogen and oxygen atoms in total. The Balaban J connectivity index is 1.66. The number of nitrogens with one attached hydrogen (secondary N) is 2. The summed E-state index contributed by atoms with van der Waals surface area (Å²) in [5.74, 6) is 0.156. The number of carbonyl (C=O) groups excluding carboxylic acids is 1. The van der Waals surface area contributed by atoms with Crippen LogP contribution >= 0.6 is 15.9 Å². The third kappa shape index (κ3) is 4.14. The Morgan fingerprint density at radius 3 is 2.33 bits per heavy atom. The molecule has 0 saturated carbocycles. The molecule has 0 aliphatic heterocycles. The van der Waals surface area contributed by atoms with Crippen molar-refractivity contribution in [3.63, 3.8) is 0 Å². The molecule has 24 heavy (non-hydrogen) atoms. The van der Waals surface area contributed by atoms with E-state index < -0.39 is 0 Å². The van der Waals surface area contributed by atoms with Crippen LogP contribution in [0.3, 0.4) is 0 Å². The van der Waals surface area contributed by atoms with Gasteiger partial charge in [-0.3, -0.25) is 4.79 Å². The van der Waals surface area contributed by atoms with Gasteiger partial charge in [0.2, 0.25) is 0 Å². The van der Waals surface area contributed by atoms with Crippen LogP contribution in [0.25, 0.3) is 0 Å². The van der Waals surface area contributed by atoms with Crippen LogP contribution in [-0.4, -0.2) is 16.1 Å². The minimum absolute atomic E-state index is 0.275. The van der Waals surface area contributed by atoms with E-state index in [-0.39, 0.29) is 11.7 Å². The summed E-state index contributed by atoms with van der Waals surface area (Å²) in [4.78, 5) is 12.1. The number of rotatable bonds is 4. The standard InChI is InChI=1S/C17H12BrFN4O/c18-12-6-4-11(5-7-12)17(24)21-16-9-8-15(22-23-16)20-14-3-1-2-13(19)10-14/h1-10H,(H,20,22)(H,21,23,24). The molecule has 1 amide bonds. The van der Waals surface area contributed by atoms with Gasteiger partial charge in [0, 0.05) is 15.7 Å². The third-order valence-corrected chi connectivity index (χ3v) is 3.64. The lowest BCUT2D eigenvalue weighted by Gasteiger charge is -2.07. The first-order valence-corrected chi connectivity index (χ1v) is 7.83. The lowest BCUT2D eigenvalue weighted by Crippen LogP contribution is -2.13. The average Bonchev–Trinajstić information content (AvgIpc) is 2.57. The van der Waals surface area contributed by atoms with Crippen molar-refractivity contribution < 1.29 is 9.18 Å². The summed E-state index contributed by atoms with van der Waals surface area (Å²) in [6.45, 7) is 0. The van der Waals surface area contributed by atoms with E-state index >= 15 is 0 Å². The number of hydrogen-bond acceptors (Lipinski definition) is 4. The van der Waals surface area contributed by atoms with E-state index in [4.69, 9.17) is 0 Å². The van der Waals surface area contributed by atoms with Crippen LogP contribution in [0.5, 0.6) is 0 Å². The number of hydrogen-bond donors (Lipinski definition) is 2. The molecule has 0 bridgehead atoms. The zero-order valence-corrected chi connectivity index (χ0v) is 13.9. The Kier molecular flexibility index (Phi) is 4.81. The van der Waals surface area contributed by atoms with Crippen molar-refractivity contribution in [3.05, 3.63) is 76.5 Å². The average molecular weight is 387 g/mol. The van der Waals surface area contributed by atoms with Gasteiger partial charge in [0.15, 0.2) is 11.6 Å². The van der Waals surface area contributed by atoms with E-state index in [0.29, 0.717) is 22.9 Å². The normalized spacial score (nSPS) is 10.2. The summed E-state index contributed by atoms with van der Waals surface area (Å²) in [6.07, 6.45) is 0. The molecule has 0 fully saturated rings. The highest BCUT2D eigenvalue weighted by Gasteiger charge is 2.07. The zero-order chi connectivity index (χ0) is 16.9. The lowest BCUT2D eigenvalue weighted by atomic mass is 10.2. The smallest absolute Gasteiger partial charge is 0.256 e. The van der Waals surface area contributed by atoms with E-state index in [0.717, 1.165) is 4.47 Å². The molecule has 2 N–H and O–H groups in total. The van der Waals surface area contributed by atoms with Crippen LogP contribution in [0.15, 0.2) is 65.1 Å². The maximum Gasteiger partial charge on any atom is 0.256 e.